The van der Waals surface area contributed by atoms with Crippen molar-refractivity contribution in [2.75, 3.05) is 6.61 Å². The maximum absolute atomic E-state index is 12.7. The highest BCUT2D eigenvalue weighted by Crippen LogP contribution is 2.44. The van der Waals surface area contributed by atoms with Crippen LogP contribution in [-0.4, -0.2) is 41.8 Å². The third-order valence-electron chi connectivity index (χ3n) is 7.25. The molecular formula is C28H34N2O5. The summed E-state index contributed by atoms with van der Waals surface area (Å²) in [5.41, 5.74) is 4.63. The van der Waals surface area contributed by atoms with E-state index >= 15 is 0 Å². The van der Waals surface area contributed by atoms with Crippen molar-refractivity contribution in [1.82, 2.24) is 10.6 Å². The van der Waals surface area contributed by atoms with Gasteiger partial charge in [0.25, 0.3) is 0 Å². The van der Waals surface area contributed by atoms with Crippen LogP contribution in [0, 0.1) is 11.8 Å². The molecule has 2 aromatic carbocycles. The summed E-state index contributed by atoms with van der Waals surface area (Å²) in [5.74, 6) is -1.39. The molecule has 3 atom stereocenters. The van der Waals surface area contributed by atoms with Gasteiger partial charge >= 0.3 is 12.1 Å². The van der Waals surface area contributed by atoms with Crippen molar-refractivity contribution in [1.29, 1.82) is 0 Å². The number of fused-ring (bicyclic) bond motifs is 3. The number of carbonyl (C=O) groups excluding carboxylic acids is 2. The van der Waals surface area contributed by atoms with Crippen molar-refractivity contribution in [3.05, 3.63) is 59.7 Å². The van der Waals surface area contributed by atoms with Crippen LogP contribution in [-0.2, 0) is 14.3 Å². The van der Waals surface area contributed by atoms with Gasteiger partial charge in [-0.25, -0.2) is 4.79 Å². The first kappa shape index (κ1) is 24.8. The van der Waals surface area contributed by atoms with E-state index in [2.05, 4.69) is 34.9 Å². The van der Waals surface area contributed by atoms with Crippen molar-refractivity contribution in [3.8, 4) is 11.1 Å². The maximum Gasteiger partial charge on any atom is 0.407 e. The fraction of sp³-hybridized carbons (Fsp3) is 0.464. The zero-order valence-corrected chi connectivity index (χ0v) is 20.3. The zero-order valence-electron chi connectivity index (χ0n) is 20.3. The maximum atomic E-state index is 12.7. The lowest BCUT2D eigenvalue weighted by atomic mass is 9.85. The van der Waals surface area contributed by atoms with Crippen LogP contribution in [0.25, 0.3) is 11.1 Å². The molecule has 186 valence electrons. The predicted molar refractivity (Wildman–Crippen MR) is 133 cm³/mol. The molecule has 2 aliphatic rings. The molecule has 0 saturated heterocycles. The van der Waals surface area contributed by atoms with Crippen LogP contribution < -0.4 is 10.6 Å². The number of carboxylic acid groups (broad SMARTS) is 1. The molecule has 1 fully saturated rings. The number of aliphatic carboxylic acids is 1. The van der Waals surface area contributed by atoms with Crippen LogP contribution in [0.3, 0.4) is 0 Å². The van der Waals surface area contributed by atoms with Gasteiger partial charge in [0.05, 0.1) is 5.92 Å². The first-order valence-corrected chi connectivity index (χ1v) is 12.5. The average molecular weight is 479 g/mol. The van der Waals surface area contributed by atoms with E-state index < -0.39 is 18.0 Å². The second kappa shape index (κ2) is 10.9. The van der Waals surface area contributed by atoms with Gasteiger partial charge in [0.2, 0.25) is 5.91 Å². The number of alkyl carbamates (subject to hydrolysis) is 1. The number of benzene rings is 2. The largest absolute Gasteiger partial charge is 0.481 e. The highest BCUT2D eigenvalue weighted by atomic mass is 16.5. The van der Waals surface area contributed by atoms with E-state index in [1.54, 1.807) is 0 Å². The molecule has 2 aromatic rings. The van der Waals surface area contributed by atoms with Crippen molar-refractivity contribution in [2.45, 2.75) is 64.0 Å². The number of hydrogen-bond acceptors (Lipinski definition) is 4. The van der Waals surface area contributed by atoms with E-state index in [9.17, 15) is 19.5 Å². The van der Waals surface area contributed by atoms with Gasteiger partial charge in [-0.1, -0.05) is 68.8 Å². The molecule has 1 saturated carbocycles. The molecule has 7 heteroatoms. The lowest BCUT2D eigenvalue weighted by Gasteiger charge is -2.28. The fourth-order valence-electron chi connectivity index (χ4n) is 5.28. The van der Waals surface area contributed by atoms with Crippen molar-refractivity contribution in [3.63, 3.8) is 0 Å². The Morgan fingerprint density at radius 2 is 1.63 bits per heavy atom. The lowest BCUT2D eigenvalue weighted by Crippen LogP contribution is -2.45. The Hall–Kier alpha value is -3.35. The smallest absolute Gasteiger partial charge is 0.407 e. The number of amides is 2. The van der Waals surface area contributed by atoms with Gasteiger partial charge in [0.15, 0.2) is 0 Å². The second-order valence-electron chi connectivity index (χ2n) is 9.99. The molecular weight excluding hydrogens is 444 g/mol. The molecule has 0 aliphatic heterocycles. The number of ether oxygens (including phenoxy) is 1. The number of carbonyl (C=O) groups is 3. The van der Waals surface area contributed by atoms with Crippen LogP contribution in [0.1, 0.15) is 63.0 Å². The second-order valence-corrected chi connectivity index (χ2v) is 9.99. The minimum atomic E-state index is -0.805. The Balaban J connectivity index is 1.32. The highest BCUT2D eigenvalue weighted by molar-refractivity contribution is 5.80. The Morgan fingerprint density at radius 3 is 2.23 bits per heavy atom. The van der Waals surface area contributed by atoms with Crippen LogP contribution in [0.15, 0.2) is 48.5 Å². The van der Waals surface area contributed by atoms with Gasteiger partial charge in [0.1, 0.15) is 6.61 Å². The fourth-order valence-corrected chi connectivity index (χ4v) is 5.28. The summed E-state index contributed by atoms with van der Waals surface area (Å²) in [6.45, 7) is 4.11. The van der Waals surface area contributed by atoms with Crippen LogP contribution >= 0.6 is 0 Å². The first-order chi connectivity index (χ1) is 16.8. The molecule has 35 heavy (non-hydrogen) atoms. The Kier molecular flexibility index (Phi) is 7.73. The van der Waals surface area contributed by atoms with Gasteiger partial charge in [-0.05, 0) is 47.4 Å². The molecule has 0 unspecified atom stereocenters. The van der Waals surface area contributed by atoms with Crippen LogP contribution in [0.2, 0.25) is 0 Å². The monoisotopic (exact) mass is 478 g/mol. The van der Waals surface area contributed by atoms with Crippen LogP contribution in [0.5, 0.6) is 0 Å². The van der Waals surface area contributed by atoms with Gasteiger partial charge in [-0.3, -0.25) is 9.59 Å². The highest BCUT2D eigenvalue weighted by Gasteiger charge is 2.31. The van der Waals surface area contributed by atoms with E-state index in [0.29, 0.717) is 12.8 Å². The third-order valence-corrected chi connectivity index (χ3v) is 7.25. The lowest BCUT2D eigenvalue weighted by molar-refractivity contribution is -0.143. The van der Waals surface area contributed by atoms with Crippen molar-refractivity contribution in [2.24, 2.45) is 11.8 Å². The van der Waals surface area contributed by atoms with Crippen molar-refractivity contribution < 1.29 is 24.2 Å². The average Bonchev–Trinajstić information content (AvgIpc) is 3.16. The number of hydrogen-bond donors (Lipinski definition) is 3. The number of carboxylic acids is 1. The molecule has 0 radical (unpaired) electrons. The summed E-state index contributed by atoms with van der Waals surface area (Å²) >= 11 is 0. The first-order valence-electron chi connectivity index (χ1n) is 12.5. The molecule has 3 N–H and O–H groups in total. The zero-order chi connectivity index (χ0) is 24.9. The SMILES string of the molecule is CC(C)[C@@H](CC(=O)N[C@@H]1CCC[C@H](C(=O)O)C1)NC(=O)OCC1c2ccccc2-c2ccccc21. The minimum absolute atomic E-state index is 0.0255. The molecule has 4 rings (SSSR count). The van der Waals surface area contributed by atoms with E-state index in [-0.39, 0.29) is 42.9 Å². The normalized spacial score (nSPS) is 20.0. The van der Waals surface area contributed by atoms with Gasteiger partial charge in [0, 0.05) is 24.4 Å². The summed E-state index contributed by atoms with van der Waals surface area (Å²) in [4.78, 5) is 36.7. The summed E-state index contributed by atoms with van der Waals surface area (Å²) in [7, 11) is 0. The van der Waals surface area contributed by atoms with E-state index in [1.165, 1.54) is 11.1 Å². The van der Waals surface area contributed by atoms with Gasteiger partial charge < -0.3 is 20.5 Å². The molecule has 0 bridgehead atoms. The van der Waals surface area contributed by atoms with E-state index in [1.807, 2.05) is 38.1 Å². The van der Waals surface area contributed by atoms with Crippen LogP contribution in [0.4, 0.5) is 4.79 Å². The summed E-state index contributed by atoms with van der Waals surface area (Å²) < 4.78 is 5.65. The molecule has 2 amide bonds. The van der Waals surface area contributed by atoms with Crippen molar-refractivity contribution >= 4 is 18.0 Å². The molecule has 0 spiro atoms. The Bertz CT molecular complexity index is 1040. The van der Waals surface area contributed by atoms with E-state index in [4.69, 9.17) is 4.74 Å². The Morgan fingerprint density at radius 1 is 1.00 bits per heavy atom. The molecule has 0 aromatic heterocycles. The quantitative estimate of drug-likeness (QED) is 0.510. The summed E-state index contributed by atoms with van der Waals surface area (Å²) in [5, 5.41) is 15.1. The van der Waals surface area contributed by atoms with Gasteiger partial charge in [-0.15, -0.1) is 0 Å². The Labute approximate surface area is 206 Å². The van der Waals surface area contributed by atoms with Gasteiger partial charge in [-0.2, -0.15) is 0 Å². The summed E-state index contributed by atoms with van der Waals surface area (Å²) in [6.07, 6.45) is 2.25. The topological polar surface area (TPSA) is 105 Å². The molecule has 7 nitrogen and oxygen atoms in total. The molecule has 0 heterocycles. The number of nitrogens with one attached hydrogen (secondary N) is 2. The standard InChI is InChI=1S/C28H34N2O5/c1-17(2)25(15-26(31)29-19-9-7-8-18(14-19)27(32)33)30-28(34)35-16-24-22-12-5-3-10-20(22)21-11-4-6-13-23(21)24/h3-6,10-13,17-19,24-25H,7-9,14-16H2,1-2H3,(H,29,31)(H,30,34)(H,32,33)/t18-,19+,25+/m0/s1. The third kappa shape index (κ3) is 5.84. The molecule has 2 aliphatic carbocycles. The predicted octanol–water partition coefficient (Wildman–Crippen LogP) is 4.70. The van der Waals surface area contributed by atoms with E-state index in [0.717, 1.165) is 24.0 Å². The summed E-state index contributed by atoms with van der Waals surface area (Å²) in [6, 6.07) is 15.8. The minimum Gasteiger partial charge on any atom is -0.481 e. The number of rotatable bonds is 8.